The highest BCUT2D eigenvalue weighted by atomic mass is 16.5. The minimum atomic E-state index is -1.07. The van der Waals surface area contributed by atoms with E-state index in [0.29, 0.717) is 23.5 Å². The summed E-state index contributed by atoms with van der Waals surface area (Å²) in [6.07, 6.45) is 0.466. The van der Waals surface area contributed by atoms with Crippen molar-refractivity contribution >= 4 is 11.9 Å². The number of benzene rings is 2. The molecule has 1 saturated carbocycles. The standard InChI is InChI=1S/C20H21NO5/c1-24-16-10-9-14(11-17(16)25-2)15-12-20(15,19(23)26-3)21-18(22)13-7-5-4-6-8-13/h4-11,15H,12H2,1-3H3,(H,21,22)/t15-,20-/m0/s1. The number of carbonyl (C=O) groups excluding carboxylic acids is 2. The van der Waals surface area contributed by atoms with Crippen molar-refractivity contribution < 1.29 is 23.8 Å². The molecule has 3 rings (SSSR count). The quantitative estimate of drug-likeness (QED) is 0.806. The molecule has 0 radical (unpaired) electrons. The number of hydrogen-bond donors (Lipinski definition) is 1. The highest BCUT2D eigenvalue weighted by Gasteiger charge is 2.63. The molecule has 1 N–H and O–H groups in total. The third-order valence-electron chi connectivity index (χ3n) is 4.69. The first-order chi connectivity index (χ1) is 12.6. The van der Waals surface area contributed by atoms with Gasteiger partial charge in [0.25, 0.3) is 5.91 Å². The van der Waals surface area contributed by atoms with Gasteiger partial charge in [-0.3, -0.25) is 4.79 Å². The van der Waals surface area contributed by atoms with Gasteiger partial charge in [0.15, 0.2) is 11.5 Å². The van der Waals surface area contributed by atoms with E-state index in [1.54, 1.807) is 44.6 Å². The molecule has 1 aliphatic rings. The fraction of sp³-hybridized carbons (Fsp3) is 0.300. The third kappa shape index (κ3) is 3.10. The van der Waals surface area contributed by atoms with Gasteiger partial charge in [-0.05, 0) is 36.2 Å². The Kier molecular flexibility index (Phi) is 4.84. The number of esters is 1. The van der Waals surface area contributed by atoms with Crippen LogP contribution in [0.3, 0.4) is 0 Å². The molecule has 0 aliphatic heterocycles. The van der Waals surface area contributed by atoms with E-state index in [4.69, 9.17) is 14.2 Å². The molecule has 0 heterocycles. The van der Waals surface area contributed by atoms with Crippen molar-refractivity contribution in [3.05, 3.63) is 59.7 Å². The molecule has 6 heteroatoms. The predicted molar refractivity (Wildman–Crippen MR) is 95.6 cm³/mol. The Labute approximate surface area is 152 Å². The molecule has 136 valence electrons. The van der Waals surface area contributed by atoms with Gasteiger partial charge in [-0.25, -0.2) is 4.79 Å². The summed E-state index contributed by atoms with van der Waals surface area (Å²) in [6, 6.07) is 14.3. The molecule has 0 bridgehead atoms. The Morgan fingerprint density at radius 3 is 2.31 bits per heavy atom. The van der Waals surface area contributed by atoms with Crippen molar-refractivity contribution in [2.45, 2.75) is 17.9 Å². The zero-order chi connectivity index (χ0) is 18.7. The summed E-state index contributed by atoms with van der Waals surface area (Å²) >= 11 is 0. The van der Waals surface area contributed by atoms with Gasteiger partial charge in [0, 0.05) is 11.5 Å². The van der Waals surface area contributed by atoms with Gasteiger partial charge in [0.05, 0.1) is 21.3 Å². The van der Waals surface area contributed by atoms with Crippen LogP contribution in [-0.4, -0.2) is 38.7 Å². The maximum atomic E-state index is 12.6. The SMILES string of the molecule is COC(=O)[C@]1(NC(=O)c2ccccc2)C[C@H]1c1ccc(OC)c(OC)c1. The van der Waals surface area contributed by atoms with Crippen molar-refractivity contribution in [3.63, 3.8) is 0 Å². The Morgan fingerprint density at radius 2 is 1.69 bits per heavy atom. The molecule has 1 fully saturated rings. The summed E-state index contributed by atoms with van der Waals surface area (Å²) in [5.41, 5.74) is 0.302. The summed E-state index contributed by atoms with van der Waals surface area (Å²) in [5.74, 6) is 0.224. The number of carbonyl (C=O) groups is 2. The van der Waals surface area contributed by atoms with E-state index < -0.39 is 11.5 Å². The molecule has 2 aromatic carbocycles. The predicted octanol–water partition coefficient (Wildman–Crippen LogP) is 2.53. The van der Waals surface area contributed by atoms with Crippen LogP contribution in [0.25, 0.3) is 0 Å². The first-order valence-electron chi connectivity index (χ1n) is 8.23. The first-order valence-corrected chi connectivity index (χ1v) is 8.23. The van der Waals surface area contributed by atoms with Crippen molar-refractivity contribution in [2.24, 2.45) is 0 Å². The molecule has 2 aromatic rings. The van der Waals surface area contributed by atoms with E-state index in [0.717, 1.165) is 5.56 Å². The van der Waals surface area contributed by atoms with Crippen LogP contribution >= 0.6 is 0 Å². The smallest absolute Gasteiger partial charge is 0.332 e. The Morgan fingerprint density at radius 1 is 1.00 bits per heavy atom. The molecule has 0 saturated heterocycles. The van der Waals surface area contributed by atoms with E-state index in [9.17, 15) is 9.59 Å². The van der Waals surface area contributed by atoms with Gasteiger partial charge in [0.2, 0.25) is 0 Å². The van der Waals surface area contributed by atoms with Crippen LogP contribution < -0.4 is 14.8 Å². The van der Waals surface area contributed by atoms with Crippen LogP contribution in [0.15, 0.2) is 48.5 Å². The highest BCUT2D eigenvalue weighted by molar-refractivity contribution is 6.00. The molecule has 1 amide bonds. The van der Waals surface area contributed by atoms with Crippen molar-refractivity contribution in [1.82, 2.24) is 5.32 Å². The molecule has 0 spiro atoms. The fourth-order valence-corrected chi connectivity index (χ4v) is 3.20. The van der Waals surface area contributed by atoms with E-state index in [-0.39, 0.29) is 11.8 Å². The molecular weight excluding hydrogens is 334 g/mol. The lowest BCUT2D eigenvalue weighted by Crippen LogP contribution is -2.45. The Bertz CT molecular complexity index is 820. The number of rotatable bonds is 6. The van der Waals surface area contributed by atoms with Crippen LogP contribution in [0.2, 0.25) is 0 Å². The van der Waals surface area contributed by atoms with Crippen LogP contribution in [0.1, 0.15) is 28.3 Å². The van der Waals surface area contributed by atoms with Gasteiger partial charge >= 0.3 is 5.97 Å². The lowest BCUT2D eigenvalue weighted by Gasteiger charge is -2.18. The lowest BCUT2D eigenvalue weighted by molar-refractivity contribution is -0.144. The van der Waals surface area contributed by atoms with Gasteiger partial charge in [-0.15, -0.1) is 0 Å². The van der Waals surface area contributed by atoms with E-state index in [2.05, 4.69) is 5.32 Å². The van der Waals surface area contributed by atoms with Crippen LogP contribution in [-0.2, 0) is 9.53 Å². The fourth-order valence-electron chi connectivity index (χ4n) is 3.20. The second kappa shape index (κ2) is 7.07. The molecule has 1 aliphatic carbocycles. The normalized spacial score (nSPS) is 20.8. The van der Waals surface area contributed by atoms with Crippen molar-refractivity contribution in [1.29, 1.82) is 0 Å². The van der Waals surface area contributed by atoms with E-state index in [1.807, 2.05) is 18.2 Å². The second-order valence-corrected chi connectivity index (χ2v) is 6.15. The monoisotopic (exact) mass is 355 g/mol. The van der Waals surface area contributed by atoms with Crippen molar-refractivity contribution in [3.8, 4) is 11.5 Å². The van der Waals surface area contributed by atoms with Crippen LogP contribution in [0.4, 0.5) is 0 Å². The summed E-state index contributed by atoms with van der Waals surface area (Å²) in [4.78, 5) is 25.0. The Hall–Kier alpha value is -3.02. The average molecular weight is 355 g/mol. The summed E-state index contributed by atoms with van der Waals surface area (Å²) in [6.45, 7) is 0. The van der Waals surface area contributed by atoms with Crippen LogP contribution in [0.5, 0.6) is 11.5 Å². The third-order valence-corrected chi connectivity index (χ3v) is 4.69. The minimum Gasteiger partial charge on any atom is -0.493 e. The maximum absolute atomic E-state index is 12.6. The summed E-state index contributed by atoms with van der Waals surface area (Å²) in [5, 5.41) is 2.86. The first kappa shape index (κ1) is 17.8. The van der Waals surface area contributed by atoms with Crippen molar-refractivity contribution in [2.75, 3.05) is 21.3 Å². The van der Waals surface area contributed by atoms with Gasteiger partial charge in [0.1, 0.15) is 5.54 Å². The molecular formula is C20H21NO5. The van der Waals surface area contributed by atoms with Gasteiger partial charge in [-0.1, -0.05) is 24.3 Å². The number of amides is 1. The molecule has 6 nitrogen and oxygen atoms in total. The second-order valence-electron chi connectivity index (χ2n) is 6.15. The summed E-state index contributed by atoms with van der Waals surface area (Å²) in [7, 11) is 4.44. The number of methoxy groups -OCH3 is 3. The van der Waals surface area contributed by atoms with Gasteiger partial charge in [-0.2, -0.15) is 0 Å². The molecule has 2 atom stereocenters. The highest BCUT2D eigenvalue weighted by Crippen LogP contribution is 2.53. The zero-order valence-corrected chi connectivity index (χ0v) is 14.9. The van der Waals surface area contributed by atoms with Crippen LogP contribution in [0, 0.1) is 0 Å². The molecule has 0 unspecified atom stereocenters. The minimum absolute atomic E-state index is 0.192. The largest absolute Gasteiger partial charge is 0.493 e. The number of ether oxygens (including phenoxy) is 3. The lowest BCUT2D eigenvalue weighted by atomic mass is 10.0. The molecule has 26 heavy (non-hydrogen) atoms. The number of hydrogen-bond acceptors (Lipinski definition) is 5. The topological polar surface area (TPSA) is 73.9 Å². The summed E-state index contributed by atoms with van der Waals surface area (Å²) < 4.78 is 15.5. The number of nitrogens with one attached hydrogen (secondary N) is 1. The Balaban J connectivity index is 1.87. The van der Waals surface area contributed by atoms with Gasteiger partial charge < -0.3 is 19.5 Å². The molecule has 0 aromatic heterocycles. The van der Waals surface area contributed by atoms with E-state index >= 15 is 0 Å². The maximum Gasteiger partial charge on any atom is 0.332 e. The zero-order valence-electron chi connectivity index (χ0n) is 14.9. The average Bonchev–Trinajstić information content (AvgIpc) is 3.42. The van der Waals surface area contributed by atoms with E-state index in [1.165, 1.54) is 7.11 Å².